The van der Waals surface area contributed by atoms with Gasteiger partial charge in [-0.25, -0.2) is 4.98 Å². The molecule has 1 fully saturated rings. The number of para-hydroxylation sites is 1. The molecule has 0 saturated carbocycles. The van der Waals surface area contributed by atoms with Gasteiger partial charge in [0.25, 0.3) is 5.91 Å². The lowest BCUT2D eigenvalue weighted by Crippen LogP contribution is -2.38. The highest BCUT2D eigenvalue weighted by molar-refractivity contribution is 6.07. The fourth-order valence-corrected chi connectivity index (χ4v) is 3.37. The number of aromatic nitrogens is 1. The Kier molecular flexibility index (Phi) is 3.99. The van der Waals surface area contributed by atoms with Gasteiger partial charge in [-0.15, -0.1) is 0 Å². The summed E-state index contributed by atoms with van der Waals surface area (Å²) in [6.07, 6.45) is 1.33. The van der Waals surface area contributed by atoms with E-state index in [2.05, 4.69) is 4.98 Å². The summed E-state index contributed by atoms with van der Waals surface area (Å²) in [7, 11) is 0. The van der Waals surface area contributed by atoms with E-state index in [1.807, 2.05) is 24.3 Å². The summed E-state index contributed by atoms with van der Waals surface area (Å²) in [6.45, 7) is 0.0493. The van der Waals surface area contributed by atoms with Gasteiger partial charge in [0.05, 0.1) is 36.1 Å². The van der Waals surface area contributed by atoms with E-state index in [1.165, 1.54) is 0 Å². The molecule has 6 nitrogen and oxygen atoms in total. The highest BCUT2D eigenvalue weighted by atomic mass is 16.3. The van der Waals surface area contributed by atoms with Crippen LogP contribution in [0.4, 0.5) is 0 Å². The van der Waals surface area contributed by atoms with Crippen molar-refractivity contribution in [3.63, 3.8) is 0 Å². The Morgan fingerprint density at radius 3 is 2.88 bits per heavy atom. The molecule has 2 N–H and O–H groups in total. The monoisotopic (exact) mass is 338 g/mol. The minimum absolute atomic E-state index is 0.170. The Morgan fingerprint density at radius 1 is 1.28 bits per heavy atom. The molecule has 1 amide bonds. The maximum absolute atomic E-state index is 13.1. The number of fused-ring (bicyclic) bond motifs is 1. The van der Waals surface area contributed by atoms with Gasteiger partial charge in [0.1, 0.15) is 5.69 Å². The molecule has 1 aliphatic heterocycles. The second-order valence-corrected chi connectivity index (χ2v) is 6.23. The van der Waals surface area contributed by atoms with Gasteiger partial charge in [0.15, 0.2) is 5.76 Å². The van der Waals surface area contributed by atoms with Gasteiger partial charge in [-0.2, -0.15) is 0 Å². The van der Waals surface area contributed by atoms with Crippen molar-refractivity contribution in [1.29, 1.82) is 0 Å². The highest BCUT2D eigenvalue weighted by Gasteiger charge is 2.35. The van der Waals surface area contributed by atoms with Crippen LogP contribution in [0.15, 0.2) is 53.1 Å². The summed E-state index contributed by atoms with van der Waals surface area (Å²) in [5, 5.41) is 20.2. The van der Waals surface area contributed by atoms with Gasteiger partial charge in [-0.05, 0) is 30.7 Å². The maximum Gasteiger partial charge on any atom is 0.255 e. The van der Waals surface area contributed by atoms with E-state index < -0.39 is 6.10 Å². The number of pyridine rings is 1. The lowest BCUT2D eigenvalue weighted by Gasteiger charge is -2.23. The number of nitrogens with zero attached hydrogens (tertiary/aromatic N) is 2. The highest BCUT2D eigenvalue weighted by Crippen LogP contribution is 2.28. The van der Waals surface area contributed by atoms with Crippen LogP contribution in [0.5, 0.6) is 0 Å². The third-order valence-electron chi connectivity index (χ3n) is 4.58. The van der Waals surface area contributed by atoms with Crippen LogP contribution in [0.1, 0.15) is 16.8 Å². The van der Waals surface area contributed by atoms with Gasteiger partial charge in [0.2, 0.25) is 0 Å². The number of β-amino-alcohol motifs (C(OH)–C–C–N with tert-alkyl or cyclic N) is 1. The third-order valence-corrected chi connectivity index (χ3v) is 4.58. The van der Waals surface area contributed by atoms with Gasteiger partial charge in [-0.3, -0.25) is 4.79 Å². The lowest BCUT2D eigenvalue weighted by molar-refractivity contribution is 0.0667. The molecule has 4 rings (SSSR count). The quantitative estimate of drug-likeness (QED) is 0.763. The largest absolute Gasteiger partial charge is 0.463 e. The van der Waals surface area contributed by atoms with E-state index in [0.29, 0.717) is 29.0 Å². The molecule has 6 heteroatoms. The number of amides is 1. The average molecular weight is 338 g/mol. The number of benzene rings is 1. The van der Waals surface area contributed by atoms with E-state index in [4.69, 9.17) is 4.42 Å². The van der Waals surface area contributed by atoms with Crippen molar-refractivity contribution in [1.82, 2.24) is 9.88 Å². The number of carbonyl (C=O) groups is 1. The second kappa shape index (κ2) is 6.31. The molecule has 1 aromatic carbocycles. The van der Waals surface area contributed by atoms with Crippen LogP contribution >= 0.6 is 0 Å². The van der Waals surface area contributed by atoms with Crippen LogP contribution < -0.4 is 0 Å². The summed E-state index contributed by atoms with van der Waals surface area (Å²) >= 11 is 0. The Labute approximate surface area is 144 Å². The molecule has 3 heterocycles. The number of rotatable bonds is 3. The van der Waals surface area contributed by atoms with Crippen LogP contribution in [-0.4, -0.2) is 51.3 Å². The first-order valence-electron chi connectivity index (χ1n) is 8.21. The minimum Gasteiger partial charge on any atom is -0.463 e. The van der Waals surface area contributed by atoms with Crippen LogP contribution in [0.3, 0.4) is 0 Å². The van der Waals surface area contributed by atoms with Crippen LogP contribution in [0.25, 0.3) is 22.4 Å². The second-order valence-electron chi connectivity index (χ2n) is 6.23. The lowest BCUT2D eigenvalue weighted by atomic mass is 10.0. The number of likely N-dealkylation sites (tertiary alicyclic amines) is 1. The average Bonchev–Trinajstić information content (AvgIpc) is 3.29. The Balaban J connectivity index is 1.84. The molecule has 0 aliphatic carbocycles. The Bertz CT molecular complexity index is 907. The van der Waals surface area contributed by atoms with E-state index in [9.17, 15) is 15.0 Å². The van der Waals surface area contributed by atoms with Crippen LogP contribution in [0.2, 0.25) is 0 Å². The molecule has 2 atom stereocenters. The Morgan fingerprint density at radius 2 is 2.12 bits per heavy atom. The smallest absolute Gasteiger partial charge is 0.255 e. The molecule has 25 heavy (non-hydrogen) atoms. The predicted octanol–water partition coefficient (Wildman–Crippen LogP) is 2.06. The van der Waals surface area contributed by atoms with Gasteiger partial charge in [-0.1, -0.05) is 18.2 Å². The fraction of sp³-hybridized carbons (Fsp3) is 0.263. The van der Waals surface area contributed by atoms with E-state index in [0.717, 1.165) is 5.39 Å². The number of carbonyl (C=O) groups excluding carboxylic acids is 1. The van der Waals surface area contributed by atoms with Crippen molar-refractivity contribution in [3.05, 3.63) is 54.3 Å². The summed E-state index contributed by atoms with van der Waals surface area (Å²) in [6, 6.07) is 12.3. The van der Waals surface area contributed by atoms with E-state index in [1.54, 1.807) is 29.4 Å². The Hall–Kier alpha value is -2.70. The molecule has 0 unspecified atom stereocenters. The zero-order valence-corrected chi connectivity index (χ0v) is 13.5. The fourth-order valence-electron chi connectivity index (χ4n) is 3.37. The van der Waals surface area contributed by atoms with Crippen molar-refractivity contribution in [3.8, 4) is 11.5 Å². The standard InChI is InChI=1S/C19H18N2O4/c22-11-12-8-13(23)10-21(12)19(24)15-9-17(18-6-3-7-25-18)20-16-5-2-1-4-14(15)16/h1-7,9,12-13,22-23H,8,10-11H2/t12-,13-/m0/s1. The normalized spacial score (nSPS) is 20.3. The number of hydrogen-bond donors (Lipinski definition) is 2. The van der Waals surface area contributed by atoms with Crippen molar-refractivity contribution < 1.29 is 19.4 Å². The topological polar surface area (TPSA) is 86.8 Å². The first kappa shape index (κ1) is 15.8. The first-order valence-corrected chi connectivity index (χ1v) is 8.21. The van der Waals surface area contributed by atoms with Gasteiger partial charge in [0, 0.05) is 11.9 Å². The number of aliphatic hydroxyl groups is 2. The molecule has 0 spiro atoms. The summed E-state index contributed by atoms with van der Waals surface area (Å²) in [5.41, 5.74) is 1.76. The summed E-state index contributed by atoms with van der Waals surface area (Å²) < 4.78 is 5.42. The molecule has 1 saturated heterocycles. The molecular formula is C19H18N2O4. The first-order chi connectivity index (χ1) is 12.2. The zero-order valence-electron chi connectivity index (χ0n) is 13.5. The molecule has 128 valence electrons. The molecule has 2 aromatic heterocycles. The van der Waals surface area contributed by atoms with E-state index >= 15 is 0 Å². The number of hydrogen-bond acceptors (Lipinski definition) is 5. The number of aliphatic hydroxyl groups excluding tert-OH is 2. The molecule has 1 aliphatic rings. The minimum atomic E-state index is -0.612. The van der Waals surface area contributed by atoms with Gasteiger partial charge >= 0.3 is 0 Å². The maximum atomic E-state index is 13.1. The molecule has 0 radical (unpaired) electrons. The van der Waals surface area contributed by atoms with Crippen molar-refractivity contribution >= 4 is 16.8 Å². The van der Waals surface area contributed by atoms with E-state index in [-0.39, 0.29) is 25.1 Å². The predicted molar refractivity (Wildman–Crippen MR) is 92.0 cm³/mol. The van der Waals surface area contributed by atoms with Crippen molar-refractivity contribution in [2.24, 2.45) is 0 Å². The SMILES string of the molecule is O=C(c1cc(-c2ccco2)nc2ccccc12)N1C[C@@H](O)C[C@H]1CO. The van der Waals surface area contributed by atoms with Crippen molar-refractivity contribution in [2.45, 2.75) is 18.6 Å². The summed E-state index contributed by atoms with van der Waals surface area (Å²) in [5.74, 6) is 0.363. The number of furan rings is 1. The third kappa shape index (κ3) is 2.79. The molecule has 0 bridgehead atoms. The van der Waals surface area contributed by atoms with Crippen LogP contribution in [0, 0.1) is 0 Å². The van der Waals surface area contributed by atoms with Crippen LogP contribution in [-0.2, 0) is 0 Å². The van der Waals surface area contributed by atoms with Gasteiger partial charge < -0.3 is 19.5 Å². The molecule has 3 aromatic rings. The summed E-state index contributed by atoms with van der Waals surface area (Å²) in [4.78, 5) is 19.3. The van der Waals surface area contributed by atoms with Crippen molar-refractivity contribution in [2.75, 3.05) is 13.2 Å². The zero-order chi connectivity index (χ0) is 17.4. The molecular weight excluding hydrogens is 320 g/mol.